The van der Waals surface area contributed by atoms with E-state index in [4.69, 9.17) is 4.74 Å². The summed E-state index contributed by atoms with van der Waals surface area (Å²) in [6.07, 6.45) is 0. The number of hydrogen-bond acceptors (Lipinski definition) is 3. The number of benzene rings is 1. The number of carboxylic acids is 1. The fraction of sp³-hybridized carbons (Fsp3) is 0.500. The van der Waals surface area contributed by atoms with Gasteiger partial charge in [0.1, 0.15) is 5.75 Å². The SMILES string of the molecule is CCOc1ccc(C2(C)CNCC2C(=O)O)cc1. The van der Waals surface area contributed by atoms with Crippen LogP contribution in [0.5, 0.6) is 5.75 Å². The predicted octanol–water partition coefficient (Wildman–Crippen LogP) is 1.65. The minimum Gasteiger partial charge on any atom is -0.494 e. The standard InChI is InChI=1S/C14H19NO3/c1-3-18-11-6-4-10(5-7-11)14(2)9-15-8-12(14)13(16)17/h4-7,12,15H,3,8-9H2,1-2H3,(H,16,17). The summed E-state index contributed by atoms with van der Waals surface area (Å²) in [6.45, 7) is 5.80. The van der Waals surface area contributed by atoms with Gasteiger partial charge in [-0.05, 0) is 24.6 Å². The van der Waals surface area contributed by atoms with Gasteiger partial charge < -0.3 is 15.2 Å². The molecule has 1 fully saturated rings. The third kappa shape index (κ3) is 2.20. The fourth-order valence-electron chi connectivity index (χ4n) is 2.59. The molecule has 0 aromatic heterocycles. The van der Waals surface area contributed by atoms with Crippen LogP contribution in [-0.4, -0.2) is 30.8 Å². The number of nitrogens with one attached hydrogen (secondary N) is 1. The van der Waals surface area contributed by atoms with E-state index < -0.39 is 5.97 Å². The lowest BCUT2D eigenvalue weighted by molar-refractivity contribution is -0.142. The van der Waals surface area contributed by atoms with Gasteiger partial charge in [0.05, 0.1) is 12.5 Å². The molecule has 2 unspecified atom stereocenters. The third-order valence-corrected chi connectivity index (χ3v) is 3.73. The number of ether oxygens (including phenoxy) is 1. The van der Waals surface area contributed by atoms with Crippen molar-refractivity contribution in [1.82, 2.24) is 5.32 Å². The molecule has 0 aliphatic carbocycles. The third-order valence-electron chi connectivity index (χ3n) is 3.73. The maximum absolute atomic E-state index is 11.3. The summed E-state index contributed by atoms with van der Waals surface area (Å²) in [4.78, 5) is 11.3. The van der Waals surface area contributed by atoms with Gasteiger partial charge in [-0.15, -0.1) is 0 Å². The summed E-state index contributed by atoms with van der Waals surface area (Å²) >= 11 is 0. The van der Waals surface area contributed by atoms with Gasteiger partial charge in [-0.25, -0.2) is 0 Å². The molecular formula is C14H19NO3. The number of carboxylic acid groups (broad SMARTS) is 1. The highest BCUT2D eigenvalue weighted by atomic mass is 16.5. The summed E-state index contributed by atoms with van der Waals surface area (Å²) in [5, 5.41) is 12.5. The molecule has 4 nitrogen and oxygen atoms in total. The molecule has 0 radical (unpaired) electrons. The van der Waals surface area contributed by atoms with E-state index in [0.29, 0.717) is 19.7 Å². The van der Waals surface area contributed by atoms with E-state index in [9.17, 15) is 9.90 Å². The Morgan fingerprint density at radius 3 is 2.72 bits per heavy atom. The molecule has 2 N–H and O–H groups in total. The molecule has 0 saturated carbocycles. The molecule has 0 amide bonds. The van der Waals surface area contributed by atoms with Crippen LogP contribution in [0.25, 0.3) is 0 Å². The molecule has 1 aliphatic heterocycles. The number of carbonyl (C=O) groups is 1. The van der Waals surface area contributed by atoms with Gasteiger partial charge in [-0.2, -0.15) is 0 Å². The average molecular weight is 249 g/mol. The largest absolute Gasteiger partial charge is 0.494 e. The number of aliphatic carboxylic acids is 1. The zero-order valence-electron chi connectivity index (χ0n) is 10.8. The first-order valence-corrected chi connectivity index (χ1v) is 6.25. The van der Waals surface area contributed by atoms with Crippen LogP contribution >= 0.6 is 0 Å². The van der Waals surface area contributed by atoms with Gasteiger partial charge >= 0.3 is 5.97 Å². The first-order valence-electron chi connectivity index (χ1n) is 6.25. The van der Waals surface area contributed by atoms with Gasteiger partial charge in [0.15, 0.2) is 0 Å². The zero-order valence-corrected chi connectivity index (χ0v) is 10.8. The quantitative estimate of drug-likeness (QED) is 0.852. The second-order valence-electron chi connectivity index (χ2n) is 4.90. The molecule has 1 saturated heterocycles. The summed E-state index contributed by atoms with van der Waals surface area (Å²) < 4.78 is 5.40. The molecule has 1 aromatic rings. The summed E-state index contributed by atoms with van der Waals surface area (Å²) in [7, 11) is 0. The lowest BCUT2D eigenvalue weighted by atomic mass is 9.74. The Kier molecular flexibility index (Phi) is 3.57. The first kappa shape index (κ1) is 12.9. The van der Waals surface area contributed by atoms with Gasteiger partial charge in [0.2, 0.25) is 0 Å². The molecule has 98 valence electrons. The molecular weight excluding hydrogens is 230 g/mol. The van der Waals surface area contributed by atoms with Gasteiger partial charge in [-0.1, -0.05) is 19.1 Å². The Labute approximate surface area is 107 Å². The Morgan fingerprint density at radius 1 is 1.50 bits per heavy atom. The second-order valence-corrected chi connectivity index (χ2v) is 4.90. The van der Waals surface area contributed by atoms with E-state index in [1.54, 1.807) is 0 Å². The normalized spacial score (nSPS) is 27.1. The summed E-state index contributed by atoms with van der Waals surface area (Å²) in [5.74, 6) is -0.297. The average Bonchev–Trinajstić information content (AvgIpc) is 2.74. The molecule has 1 heterocycles. The van der Waals surface area contributed by atoms with Crippen molar-refractivity contribution in [1.29, 1.82) is 0 Å². The zero-order chi connectivity index (χ0) is 13.2. The van der Waals surface area contributed by atoms with Crippen molar-refractivity contribution < 1.29 is 14.6 Å². The van der Waals surface area contributed by atoms with Crippen LogP contribution < -0.4 is 10.1 Å². The van der Waals surface area contributed by atoms with Gasteiger partial charge in [-0.3, -0.25) is 4.79 Å². The first-order chi connectivity index (χ1) is 8.58. The maximum atomic E-state index is 11.3. The van der Waals surface area contributed by atoms with Gasteiger partial charge in [0, 0.05) is 18.5 Å². The fourth-order valence-corrected chi connectivity index (χ4v) is 2.59. The van der Waals surface area contributed by atoms with Crippen molar-refractivity contribution in [3.63, 3.8) is 0 Å². The van der Waals surface area contributed by atoms with E-state index >= 15 is 0 Å². The Hall–Kier alpha value is -1.55. The Balaban J connectivity index is 2.26. The molecule has 0 spiro atoms. The smallest absolute Gasteiger partial charge is 0.308 e. The monoisotopic (exact) mass is 249 g/mol. The van der Waals surface area contributed by atoms with E-state index in [-0.39, 0.29) is 11.3 Å². The Bertz CT molecular complexity index is 429. The Morgan fingerprint density at radius 2 is 2.17 bits per heavy atom. The predicted molar refractivity (Wildman–Crippen MR) is 69.0 cm³/mol. The summed E-state index contributed by atoms with van der Waals surface area (Å²) in [6, 6.07) is 7.74. The molecule has 4 heteroatoms. The second kappa shape index (κ2) is 4.98. The van der Waals surface area contributed by atoms with Crippen LogP contribution in [0.4, 0.5) is 0 Å². The van der Waals surface area contributed by atoms with Crippen LogP contribution in [0, 0.1) is 5.92 Å². The van der Waals surface area contributed by atoms with Crippen LogP contribution in [0.15, 0.2) is 24.3 Å². The van der Waals surface area contributed by atoms with Crippen LogP contribution in [0.1, 0.15) is 19.4 Å². The van der Waals surface area contributed by atoms with Crippen LogP contribution in [0.2, 0.25) is 0 Å². The molecule has 0 bridgehead atoms. The minimum absolute atomic E-state index is 0.351. The van der Waals surface area contributed by atoms with Crippen molar-refractivity contribution in [2.75, 3.05) is 19.7 Å². The molecule has 1 aromatic carbocycles. The minimum atomic E-state index is -0.739. The van der Waals surface area contributed by atoms with Crippen molar-refractivity contribution in [2.24, 2.45) is 5.92 Å². The van der Waals surface area contributed by atoms with Crippen molar-refractivity contribution >= 4 is 5.97 Å². The van der Waals surface area contributed by atoms with Crippen LogP contribution in [0.3, 0.4) is 0 Å². The van der Waals surface area contributed by atoms with Gasteiger partial charge in [0.25, 0.3) is 0 Å². The maximum Gasteiger partial charge on any atom is 0.308 e. The highest BCUT2D eigenvalue weighted by Crippen LogP contribution is 2.36. The van der Waals surface area contributed by atoms with Crippen molar-refractivity contribution in [3.8, 4) is 5.75 Å². The molecule has 2 atom stereocenters. The van der Waals surface area contributed by atoms with Crippen LogP contribution in [-0.2, 0) is 10.2 Å². The summed E-state index contributed by atoms with van der Waals surface area (Å²) in [5.41, 5.74) is 0.694. The number of hydrogen-bond donors (Lipinski definition) is 2. The van der Waals surface area contributed by atoms with Crippen molar-refractivity contribution in [3.05, 3.63) is 29.8 Å². The van der Waals surface area contributed by atoms with E-state index in [1.165, 1.54) is 0 Å². The highest BCUT2D eigenvalue weighted by molar-refractivity contribution is 5.73. The lowest BCUT2D eigenvalue weighted by Crippen LogP contribution is -2.36. The lowest BCUT2D eigenvalue weighted by Gasteiger charge is -2.28. The van der Waals surface area contributed by atoms with Crippen molar-refractivity contribution in [2.45, 2.75) is 19.3 Å². The van der Waals surface area contributed by atoms with E-state index in [1.807, 2.05) is 38.1 Å². The van der Waals surface area contributed by atoms with E-state index in [2.05, 4.69) is 5.32 Å². The molecule has 18 heavy (non-hydrogen) atoms. The topological polar surface area (TPSA) is 58.6 Å². The van der Waals surface area contributed by atoms with E-state index in [0.717, 1.165) is 11.3 Å². The highest BCUT2D eigenvalue weighted by Gasteiger charge is 2.44. The molecule has 2 rings (SSSR count). The number of rotatable bonds is 4. The molecule has 1 aliphatic rings.